The summed E-state index contributed by atoms with van der Waals surface area (Å²) in [6.45, 7) is 1.74. The van der Waals surface area contributed by atoms with Gasteiger partial charge in [-0.3, -0.25) is 9.10 Å². The summed E-state index contributed by atoms with van der Waals surface area (Å²) in [5.41, 5.74) is 1.01. The van der Waals surface area contributed by atoms with Gasteiger partial charge < -0.3 is 14.8 Å². The fourth-order valence-electron chi connectivity index (χ4n) is 3.40. The zero-order valence-corrected chi connectivity index (χ0v) is 20.5. The minimum absolute atomic E-state index is 0.0302. The lowest BCUT2D eigenvalue weighted by atomic mass is 10.2. The van der Waals surface area contributed by atoms with E-state index in [1.165, 1.54) is 18.2 Å². The first kappa shape index (κ1) is 24.2. The van der Waals surface area contributed by atoms with Crippen molar-refractivity contribution >= 4 is 44.8 Å². The maximum Gasteiger partial charge on any atom is 0.264 e. The van der Waals surface area contributed by atoms with E-state index in [4.69, 9.17) is 32.7 Å². The Balaban J connectivity index is 1.53. The van der Waals surface area contributed by atoms with Crippen LogP contribution >= 0.6 is 23.2 Å². The van der Waals surface area contributed by atoms with Gasteiger partial charge in [0, 0.05) is 0 Å². The maximum atomic E-state index is 13.5. The largest absolute Gasteiger partial charge is 0.486 e. The normalized spacial score (nSPS) is 15.0. The molecule has 1 heterocycles. The maximum absolute atomic E-state index is 13.5. The Labute approximate surface area is 208 Å². The van der Waals surface area contributed by atoms with Crippen molar-refractivity contribution in [3.63, 3.8) is 0 Å². The van der Waals surface area contributed by atoms with Crippen LogP contribution in [0.15, 0.2) is 71.6 Å². The Bertz CT molecular complexity index is 1300. The topological polar surface area (TPSA) is 84.9 Å². The molecule has 1 aliphatic rings. The number of anilines is 1. The number of nitrogens with zero attached hydrogens (tertiary/aromatic N) is 1. The second-order valence-electron chi connectivity index (χ2n) is 7.70. The standard InChI is InChI=1S/C24H22Cl2N2O5S/c1-16-9-11-18(12-10-16)34(30,31)28(20-6-4-5-19(25)24(20)26)14-23(29)27-13-17-15-32-21-7-2-3-8-22(21)33-17/h2-12,17H,13-15H2,1H3,(H,27,29)/t17-/m1/s1. The summed E-state index contributed by atoms with van der Waals surface area (Å²) in [5.74, 6) is 0.688. The highest BCUT2D eigenvalue weighted by Crippen LogP contribution is 2.35. The van der Waals surface area contributed by atoms with Crippen molar-refractivity contribution in [1.29, 1.82) is 0 Å². The number of carbonyl (C=O) groups is 1. The van der Waals surface area contributed by atoms with Crippen molar-refractivity contribution in [2.45, 2.75) is 17.9 Å². The number of nitrogens with one attached hydrogen (secondary N) is 1. The molecule has 0 spiro atoms. The minimum atomic E-state index is -4.11. The van der Waals surface area contributed by atoms with E-state index in [1.807, 2.05) is 19.1 Å². The zero-order valence-electron chi connectivity index (χ0n) is 18.2. The molecule has 4 rings (SSSR count). The number of hydrogen-bond donors (Lipinski definition) is 1. The van der Waals surface area contributed by atoms with Crippen molar-refractivity contribution < 1.29 is 22.7 Å². The van der Waals surface area contributed by atoms with E-state index < -0.39 is 28.6 Å². The number of sulfonamides is 1. The van der Waals surface area contributed by atoms with Crippen molar-refractivity contribution in [1.82, 2.24) is 5.32 Å². The van der Waals surface area contributed by atoms with E-state index in [2.05, 4.69) is 5.32 Å². The number of amides is 1. The summed E-state index contributed by atoms with van der Waals surface area (Å²) in [4.78, 5) is 12.9. The second kappa shape index (κ2) is 10.1. The van der Waals surface area contributed by atoms with Gasteiger partial charge in [0.15, 0.2) is 11.5 Å². The van der Waals surface area contributed by atoms with Crippen LogP contribution in [0, 0.1) is 6.92 Å². The first-order valence-corrected chi connectivity index (χ1v) is 12.6. The SMILES string of the molecule is Cc1ccc(S(=O)(=O)N(CC(=O)NC[C@@H]2COc3ccccc3O2)c2cccc(Cl)c2Cl)cc1. The molecule has 178 valence electrons. The number of benzene rings is 3. The summed E-state index contributed by atoms with van der Waals surface area (Å²) in [6.07, 6.45) is -0.421. The Hall–Kier alpha value is -2.94. The third-order valence-electron chi connectivity index (χ3n) is 5.19. The van der Waals surface area contributed by atoms with E-state index in [1.54, 1.807) is 36.4 Å². The van der Waals surface area contributed by atoms with Crippen molar-refractivity contribution in [3.8, 4) is 11.5 Å². The molecule has 1 aliphatic heterocycles. The fraction of sp³-hybridized carbons (Fsp3) is 0.208. The first-order valence-electron chi connectivity index (χ1n) is 10.4. The van der Waals surface area contributed by atoms with Crippen LogP contribution < -0.4 is 19.1 Å². The number of halogens is 2. The average molecular weight is 521 g/mol. The predicted octanol–water partition coefficient (Wildman–Crippen LogP) is 4.45. The highest BCUT2D eigenvalue weighted by atomic mass is 35.5. The molecule has 0 fully saturated rings. The lowest BCUT2D eigenvalue weighted by Crippen LogP contribution is -2.45. The van der Waals surface area contributed by atoms with Gasteiger partial charge in [-0.05, 0) is 43.3 Å². The summed E-state index contributed by atoms with van der Waals surface area (Å²) in [6, 6.07) is 18.2. The molecule has 0 unspecified atom stereocenters. The smallest absolute Gasteiger partial charge is 0.264 e. The number of para-hydroxylation sites is 2. The Kier molecular flexibility index (Phi) is 7.21. The quantitative estimate of drug-likeness (QED) is 0.497. The van der Waals surface area contributed by atoms with Crippen molar-refractivity contribution in [2.24, 2.45) is 0 Å². The van der Waals surface area contributed by atoms with Gasteiger partial charge >= 0.3 is 0 Å². The van der Waals surface area contributed by atoms with Gasteiger partial charge in [-0.2, -0.15) is 0 Å². The lowest BCUT2D eigenvalue weighted by molar-refractivity contribution is -0.120. The summed E-state index contributed by atoms with van der Waals surface area (Å²) in [5, 5.41) is 2.94. The van der Waals surface area contributed by atoms with Crippen LogP contribution in [0.4, 0.5) is 5.69 Å². The molecule has 3 aromatic carbocycles. The Morgan fingerprint density at radius 3 is 2.47 bits per heavy atom. The molecule has 1 N–H and O–H groups in total. The number of rotatable bonds is 7. The number of fused-ring (bicyclic) bond motifs is 1. The van der Waals surface area contributed by atoms with Gasteiger partial charge in [0.1, 0.15) is 19.3 Å². The van der Waals surface area contributed by atoms with Crippen LogP contribution in [0.2, 0.25) is 10.0 Å². The summed E-state index contributed by atoms with van der Waals surface area (Å²) >= 11 is 12.5. The molecule has 3 aromatic rings. The number of aryl methyl sites for hydroxylation is 1. The third kappa shape index (κ3) is 5.24. The zero-order chi connectivity index (χ0) is 24.3. The van der Waals surface area contributed by atoms with Crippen LogP contribution in [0.3, 0.4) is 0 Å². The molecule has 0 aromatic heterocycles. The molecule has 0 bridgehead atoms. The average Bonchev–Trinajstić information content (AvgIpc) is 2.83. The Morgan fingerprint density at radius 2 is 1.74 bits per heavy atom. The van der Waals surface area contributed by atoms with E-state index in [0.717, 1.165) is 9.87 Å². The number of hydrogen-bond acceptors (Lipinski definition) is 5. The van der Waals surface area contributed by atoms with E-state index in [9.17, 15) is 13.2 Å². The molecular weight excluding hydrogens is 499 g/mol. The van der Waals surface area contributed by atoms with E-state index in [0.29, 0.717) is 11.5 Å². The molecule has 1 amide bonds. The van der Waals surface area contributed by atoms with Crippen LogP contribution in [0.1, 0.15) is 5.56 Å². The van der Waals surface area contributed by atoms with Crippen LogP contribution in [0.25, 0.3) is 0 Å². The van der Waals surface area contributed by atoms with Crippen molar-refractivity contribution in [2.75, 3.05) is 24.0 Å². The van der Waals surface area contributed by atoms with Gasteiger partial charge in [-0.15, -0.1) is 0 Å². The van der Waals surface area contributed by atoms with E-state index >= 15 is 0 Å². The second-order valence-corrected chi connectivity index (χ2v) is 10.3. The summed E-state index contributed by atoms with van der Waals surface area (Å²) < 4.78 is 39.4. The molecule has 0 radical (unpaired) electrons. The van der Waals surface area contributed by atoms with Crippen LogP contribution in [0.5, 0.6) is 11.5 Å². The molecular formula is C24H22Cl2N2O5S. The molecule has 10 heteroatoms. The molecule has 0 saturated heterocycles. The third-order valence-corrected chi connectivity index (χ3v) is 7.77. The Morgan fingerprint density at radius 1 is 1.03 bits per heavy atom. The minimum Gasteiger partial charge on any atom is -0.486 e. The van der Waals surface area contributed by atoms with Gasteiger partial charge in [0.2, 0.25) is 5.91 Å². The molecule has 0 aliphatic carbocycles. The number of carbonyl (C=O) groups excluding carboxylic acids is 1. The van der Waals surface area contributed by atoms with Gasteiger partial charge in [-0.1, -0.05) is 59.1 Å². The highest BCUT2D eigenvalue weighted by Gasteiger charge is 2.30. The monoisotopic (exact) mass is 520 g/mol. The fourth-order valence-corrected chi connectivity index (χ4v) is 5.28. The molecule has 34 heavy (non-hydrogen) atoms. The lowest BCUT2D eigenvalue weighted by Gasteiger charge is -2.28. The predicted molar refractivity (Wildman–Crippen MR) is 132 cm³/mol. The van der Waals surface area contributed by atoms with Crippen molar-refractivity contribution in [3.05, 3.63) is 82.3 Å². The van der Waals surface area contributed by atoms with Crippen LogP contribution in [-0.4, -0.2) is 40.1 Å². The van der Waals surface area contributed by atoms with Gasteiger partial charge in [0.25, 0.3) is 10.0 Å². The van der Waals surface area contributed by atoms with Gasteiger partial charge in [0.05, 0.1) is 27.2 Å². The molecule has 1 atom stereocenters. The van der Waals surface area contributed by atoms with Crippen LogP contribution in [-0.2, 0) is 14.8 Å². The molecule has 7 nitrogen and oxygen atoms in total. The highest BCUT2D eigenvalue weighted by molar-refractivity contribution is 7.92. The summed E-state index contributed by atoms with van der Waals surface area (Å²) in [7, 11) is -4.11. The first-order chi connectivity index (χ1) is 16.3. The van der Waals surface area contributed by atoms with E-state index in [-0.39, 0.29) is 33.8 Å². The molecule has 0 saturated carbocycles. The number of ether oxygens (including phenoxy) is 2. The van der Waals surface area contributed by atoms with Gasteiger partial charge in [-0.25, -0.2) is 8.42 Å².